The Morgan fingerprint density at radius 1 is 1.00 bits per heavy atom. The van der Waals surface area contributed by atoms with Gasteiger partial charge >= 0.3 is 0 Å². The Morgan fingerprint density at radius 3 is 2.47 bits per heavy atom. The van der Waals surface area contributed by atoms with Gasteiger partial charge in [-0.3, -0.25) is 4.98 Å². The van der Waals surface area contributed by atoms with Crippen LogP contribution in [0.5, 0.6) is 11.5 Å². The Kier molecular flexibility index (Phi) is 9.98. The Bertz CT molecular complexity index is 968. The van der Waals surface area contributed by atoms with Crippen LogP contribution in [0.1, 0.15) is 19.4 Å². The molecule has 2 N–H and O–H groups in total. The van der Waals surface area contributed by atoms with Crippen LogP contribution in [0, 0.1) is 0 Å². The Balaban J connectivity index is 0.00000225. The minimum Gasteiger partial charge on any atom is -0.497 e. The van der Waals surface area contributed by atoms with E-state index < -0.39 is 0 Å². The van der Waals surface area contributed by atoms with Crippen molar-refractivity contribution in [3.8, 4) is 11.5 Å². The Morgan fingerprint density at radius 2 is 1.77 bits per heavy atom. The summed E-state index contributed by atoms with van der Waals surface area (Å²) in [7, 11) is 3.32. The molecule has 0 radical (unpaired) electrons. The second kappa shape index (κ2) is 11.5. The van der Waals surface area contributed by atoms with E-state index in [1.54, 1.807) is 20.4 Å². The number of benzene rings is 2. The molecular formula is C22H28Cl3N3O2. The molecular weight excluding hydrogens is 445 g/mol. The Labute approximate surface area is 195 Å². The van der Waals surface area contributed by atoms with E-state index in [9.17, 15) is 0 Å². The van der Waals surface area contributed by atoms with Crippen molar-refractivity contribution in [1.82, 2.24) is 10.3 Å². The van der Waals surface area contributed by atoms with Crippen molar-refractivity contribution >= 4 is 53.0 Å². The van der Waals surface area contributed by atoms with Crippen molar-refractivity contribution in [3.63, 3.8) is 0 Å². The average Bonchev–Trinajstić information content (AvgIpc) is 2.70. The highest BCUT2D eigenvalue weighted by Crippen LogP contribution is 2.26. The number of hydrogen-bond acceptors (Lipinski definition) is 5. The molecule has 164 valence electrons. The molecule has 0 aliphatic heterocycles. The number of nitrogens with zero attached hydrogens (tertiary/aromatic N) is 1. The molecule has 0 aliphatic rings. The second-order valence-corrected chi connectivity index (χ2v) is 7.73. The smallest absolute Gasteiger partial charge is 0.127 e. The van der Waals surface area contributed by atoms with Crippen molar-refractivity contribution in [1.29, 1.82) is 0 Å². The van der Waals surface area contributed by atoms with Crippen LogP contribution in [0.2, 0.25) is 5.02 Å². The van der Waals surface area contributed by atoms with E-state index in [1.165, 1.54) is 0 Å². The maximum atomic E-state index is 6.08. The normalized spacial score (nSPS) is 10.7. The molecule has 0 fully saturated rings. The number of aromatic nitrogens is 1. The quantitative estimate of drug-likeness (QED) is 0.438. The summed E-state index contributed by atoms with van der Waals surface area (Å²) in [6, 6.07) is 13.6. The number of nitrogens with one attached hydrogen (secondary N) is 2. The van der Waals surface area contributed by atoms with Crippen LogP contribution in [0.15, 0.2) is 48.7 Å². The molecule has 1 heterocycles. The molecule has 0 saturated heterocycles. The number of methoxy groups -OCH3 is 2. The standard InChI is InChI=1S/C22H26ClN3O2.2ClH/c1-22(2,26-13-15-5-7-17(27-3)12-21(15)28-4)14-25-19-9-10-24-20-11-16(23)6-8-18(19)20;;/h5-12,26H,13-14H2,1-4H3,(H,24,25);2*1H. The molecule has 3 rings (SSSR count). The largest absolute Gasteiger partial charge is 0.497 e. The van der Waals surface area contributed by atoms with E-state index >= 15 is 0 Å². The lowest BCUT2D eigenvalue weighted by Crippen LogP contribution is -2.44. The lowest BCUT2D eigenvalue weighted by atomic mass is 10.0. The summed E-state index contributed by atoms with van der Waals surface area (Å²) in [5.74, 6) is 1.60. The highest BCUT2D eigenvalue weighted by atomic mass is 35.5. The number of pyridine rings is 1. The summed E-state index contributed by atoms with van der Waals surface area (Å²) >= 11 is 6.08. The molecule has 5 nitrogen and oxygen atoms in total. The summed E-state index contributed by atoms with van der Waals surface area (Å²) in [5, 5.41) is 8.87. The molecule has 0 saturated carbocycles. The van der Waals surface area contributed by atoms with Gasteiger partial charge in [0.1, 0.15) is 11.5 Å². The van der Waals surface area contributed by atoms with Crippen LogP contribution < -0.4 is 20.1 Å². The number of anilines is 1. The van der Waals surface area contributed by atoms with E-state index in [-0.39, 0.29) is 30.4 Å². The van der Waals surface area contributed by atoms with Crippen molar-refractivity contribution < 1.29 is 9.47 Å². The molecule has 30 heavy (non-hydrogen) atoms. The van der Waals surface area contributed by atoms with Gasteiger partial charge in [0.05, 0.1) is 19.7 Å². The zero-order valence-corrected chi connectivity index (χ0v) is 19.9. The highest BCUT2D eigenvalue weighted by molar-refractivity contribution is 6.31. The molecule has 0 bridgehead atoms. The van der Waals surface area contributed by atoms with Crippen molar-refractivity contribution in [2.45, 2.75) is 25.9 Å². The second-order valence-electron chi connectivity index (χ2n) is 7.29. The summed E-state index contributed by atoms with van der Waals surface area (Å²) < 4.78 is 10.8. The van der Waals surface area contributed by atoms with Gasteiger partial charge in [0.25, 0.3) is 0 Å². The molecule has 3 aromatic rings. The number of halogens is 3. The van der Waals surface area contributed by atoms with Gasteiger partial charge in [-0.05, 0) is 44.2 Å². The zero-order chi connectivity index (χ0) is 20.1. The predicted molar refractivity (Wildman–Crippen MR) is 130 cm³/mol. The van der Waals surface area contributed by atoms with Gasteiger partial charge in [0.15, 0.2) is 0 Å². The fraction of sp³-hybridized carbons (Fsp3) is 0.318. The number of rotatable bonds is 8. The van der Waals surface area contributed by atoms with Crippen LogP contribution >= 0.6 is 36.4 Å². The number of ether oxygens (including phenoxy) is 2. The zero-order valence-electron chi connectivity index (χ0n) is 17.5. The first-order valence-corrected chi connectivity index (χ1v) is 9.54. The van der Waals surface area contributed by atoms with Crippen molar-refractivity contribution in [3.05, 3.63) is 59.2 Å². The molecule has 0 atom stereocenters. The van der Waals surface area contributed by atoms with Gasteiger partial charge in [-0.1, -0.05) is 17.7 Å². The maximum Gasteiger partial charge on any atom is 0.127 e. The molecule has 8 heteroatoms. The average molecular weight is 473 g/mol. The van der Waals surface area contributed by atoms with Gasteiger partial charge in [-0.15, -0.1) is 24.8 Å². The van der Waals surface area contributed by atoms with Crippen molar-refractivity contribution in [2.24, 2.45) is 0 Å². The third kappa shape index (κ3) is 6.54. The lowest BCUT2D eigenvalue weighted by Gasteiger charge is -2.28. The summed E-state index contributed by atoms with van der Waals surface area (Å²) in [5.41, 5.74) is 2.86. The summed E-state index contributed by atoms with van der Waals surface area (Å²) in [4.78, 5) is 4.39. The topological polar surface area (TPSA) is 55.4 Å². The Hall–Kier alpha value is -1.92. The molecule has 0 spiro atoms. The SMILES string of the molecule is COc1ccc(CNC(C)(C)CNc2ccnc3cc(Cl)ccc23)c(OC)c1.Cl.Cl. The molecule has 0 unspecified atom stereocenters. The molecule has 1 aromatic heterocycles. The van der Waals surface area contributed by atoms with Crippen LogP contribution in [0.25, 0.3) is 10.9 Å². The van der Waals surface area contributed by atoms with E-state index in [4.69, 9.17) is 21.1 Å². The van der Waals surface area contributed by atoms with Gasteiger partial charge in [-0.25, -0.2) is 0 Å². The van der Waals surface area contributed by atoms with E-state index in [2.05, 4.69) is 29.5 Å². The predicted octanol–water partition coefficient (Wildman–Crippen LogP) is 5.73. The highest BCUT2D eigenvalue weighted by Gasteiger charge is 2.18. The molecule has 0 aliphatic carbocycles. The maximum absolute atomic E-state index is 6.08. The van der Waals surface area contributed by atoms with Gasteiger partial charge < -0.3 is 20.1 Å². The fourth-order valence-electron chi connectivity index (χ4n) is 2.99. The summed E-state index contributed by atoms with van der Waals surface area (Å²) in [6.45, 7) is 5.76. The molecule has 0 amide bonds. The van der Waals surface area contributed by atoms with Gasteiger partial charge in [0, 0.05) is 52.6 Å². The lowest BCUT2D eigenvalue weighted by molar-refractivity contribution is 0.377. The van der Waals surface area contributed by atoms with Gasteiger partial charge in [-0.2, -0.15) is 0 Å². The first kappa shape index (κ1) is 26.1. The van der Waals surface area contributed by atoms with E-state index in [0.717, 1.165) is 40.2 Å². The van der Waals surface area contributed by atoms with Crippen LogP contribution in [0.4, 0.5) is 5.69 Å². The minimum atomic E-state index is -0.146. The van der Waals surface area contributed by atoms with E-state index in [0.29, 0.717) is 11.6 Å². The number of fused-ring (bicyclic) bond motifs is 1. The third-order valence-corrected chi connectivity index (χ3v) is 4.91. The molecule has 2 aromatic carbocycles. The van der Waals surface area contributed by atoms with Gasteiger partial charge in [0.2, 0.25) is 0 Å². The fourth-order valence-corrected chi connectivity index (χ4v) is 3.15. The minimum absolute atomic E-state index is 0. The monoisotopic (exact) mass is 471 g/mol. The first-order chi connectivity index (χ1) is 13.4. The van der Waals surface area contributed by atoms with E-state index in [1.807, 2.05) is 42.5 Å². The summed E-state index contributed by atoms with van der Waals surface area (Å²) in [6.07, 6.45) is 1.80. The van der Waals surface area contributed by atoms with Crippen LogP contribution in [-0.2, 0) is 6.54 Å². The number of hydrogen-bond donors (Lipinski definition) is 2. The van der Waals surface area contributed by atoms with Crippen molar-refractivity contribution in [2.75, 3.05) is 26.1 Å². The third-order valence-electron chi connectivity index (χ3n) is 4.68. The van der Waals surface area contributed by atoms with Crippen LogP contribution in [0.3, 0.4) is 0 Å². The first-order valence-electron chi connectivity index (χ1n) is 9.16. The van der Waals surface area contributed by atoms with Crippen LogP contribution in [-0.4, -0.2) is 31.3 Å².